The molecule has 23 heavy (non-hydrogen) atoms. The number of piperidine rings is 1. The molecule has 0 saturated carbocycles. The number of guanidine groups is 1. The van der Waals surface area contributed by atoms with Crippen molar-refractivity contribution in [2.24, 2.45) is 10.7 Å². The van der Waals surface area contributed by atoms with Crippen molar-refractivity contribution in [3.63, 3.8) is 0 Å². The predicted octanol–water partition coefficient (Wildman–Crippen LogP) is 0.320. The summed E-state index contributed by atoms with van der Waals surface area (Å²) in [6.45, 7) is 4.90. The highest BCUT2D eigenvalue weighted by atomic mass is 32.1. The first-order chi connectivity index (χ1) is 11.1. The Bertz CT molecular complexity index is 536. The van der Waals surface area contributed by atoms with Crippen molar-refractivity contribution < 1.29 is 4.79 Å². The molecule has 1 amide bonds. The minimum absolute atomic E-state index is 0.261. The van der Waals surface area contributed by atoms with Crippen LogP contribution in [-0.2, 0) is 17.8 Å². The molecule has 8 heteroatoms. The van der Waals surface area contributed by atoms with Crippen LogP contribution in [0.15, 0.2) is 10.4 Å². The first kappa shape index (κ1) is 17.7. The molecule has 4 N–H and O–H groups in total. The third-order valence-electron chi connectivity index (χ3n) is 3.87. The second-order valence-electron chi connectivity index (χ2n) is 5.67. The van der Waals surface area contributed by atoms with Gasteiger partial charge < -0.3 is 16.4 Å². The number of amides is 1. The number of nitrogens with zero attached hydrogens (tertiary/aromatic N) is 3. The monoisotopic (exact) mass is 338 g/mol. The summed E-state index contributed by atoms with van der Waals surface area (Å²) in [6, 6.07) is 0.368. The van der Waals surface area contributed by atoms with Gasteiger partial charge in [-0.2, -0.15) is 0 Å². The Morgan fingerprint density at radius 1 is 1.52 bits per heavy atom. The molecule has 0 spiro atoms. The van der Waals surface area contributed by atoms with Crippen LogP contribution >= 0.6 is 11.3 Å². The predicted molar refractivity (Wildman–Crippen MR) is 93.5 cm³/mol. The Kier molecular flexibility index (Phi) is 6.79. The Hall–Kier alpha value is -1.67. The lowest BCUT2D eigenvalue weighted by molar-refractivity contribution is -0.119. The van der Waals surface area contributed by atoms with Crippen LogP contribution < -0.4 is 16.4 Å². The maximum Gasteiger partial charge on any atom is 0.231 e. The van der Waals surface area contributed by atoms with Crippen LogP contribution in [0.1, 0.15) is 30.5 Å². The zero-order chi connectivity index (χ0) is 16.7. The second-order valence-corrected chi connectivity index (χ2v) is 6.62. The minimum atomic E-state index is -0.261. The van der Waals surface area contributed by atoms with E-state index in [4.69, 9.17) is 5.73 Å². The standard InChI is InChI=1S/C15H26N6OS/c1-3-14-19-12(10-23-14)8-18-15(17-2)20-11-4-6-21(7-5-11)9-13(16)22/h10-11H,3-9H2,1-2H3,(H2,16,22)(H2,17,18,20). The number of likely N-dealkylation sites (tertiary alicyclic amines) is 1. The first-order valence-corrected chi connectivity index (χ1v) is 8.89. The molecule has 2 heterocycles. The van der Waals surface area contributed by atoms with E-state index < -0.39 is 0 Å². The summed E-state index contributed by atoms with van der Waals surface area (Å²) in [5.41, 5.74) is 6.28. The zero-order valence-electron chi connectivity index (χ0n) is 13.8. The molecule has 0 bridgehead atoms. The normalized spacial score (nSPS) is 17.2. The van der Waals surface area contributed by atoms with E-state index in [0.29, 0.717) is 19.1 Å². The van der Waals surface area contributed by atoms with Crippen LogP contribution in [0.5, 0.6) is 0 Å². The number of hydrogen-bond acceptors (Lipinski definition) is 5. The van der Waals surface area contributed by atoms with Crippen LogP contribution in [-0.4, -0.2) is 54.5 Å². The lowest BCUT2D eigenvalue weighted by Gasteiger charge is -2.32. The highest BCUT2D eigenvalue weighted by molar-refractivity contribution is 7.09. The van der Waals surface area contributed by atoms with E-state index in [-0.39, 0.29) is 5.91 Å². The Morgan fingerprint density at radius 2 is 2.26 bits per heavy atom. The average molecular weight is 338 g/mol. The molecule has 0 unspecified atom stereocenters. The molecule has 1 aliphatic heterocycles. The van der Waals surface area contributed by atoms with Gasteiger partial charge in [-0.05, 0) is 19.3 Å². The number of aryl methyl sites for hydroxylation is 1. The fourth-order valence-corrected chi connectivity index (χ4v) is 3.36. The van der Waals surface area contributed by atoms with Gasteiger partial charge in [0.15, 0.2) is 5.96 Å². The van der Waals surface area contributed by atoms with Crippen molar-refractivity contribution in [1.29, 1.82) is 0 Å². The van der Waals surface area contributed by atoms with Gasteiger partial charge in [0, 0.05) is 31.6 Å². The van der Waals surface area contributed by atoms with Crippen LogP contribution in [0, 0.1) is 0 Å². The molecule has 0 radical (unpaired) electrons. The number of carbonyl (C=O) groups excluding carboxylic acids is 1. The molecular formula is C15H26N6OS. The van der Waals surface area contributed by atoms with Gasteiger partial charge in [0.1, 0.15) is 0 Å². The number of primary amides is 1. The number of carbonyl (C=O) groups is 1. The third kappa shape index (κ3) is 5.80. The minimum Gasteiger partial charge on any atom is -0.369 e. The van der Waals surface area contributed by atoms with E-state index in [1.54, 1.807) is 18.4 Å². The second kappa shape index (κ2) is 8.83. The van der Waals surface area contributed by atoms with Gasteiger partial charge in [-0.25, -0.2) is 4.98 Å². The molecule has 1 fully saturated rings. The summed E-state index contributed by atoms with van der Waals surface area (Å²) in [4.78, 5) is 21.9. The van der Waals surface area contributed by atoms with Crippen LogP contribution in [0.3, 0.4) is 0 Å². The molecule has 0 aliphatic carbocycles. The summed E-state index contributed by atoms with van der Waals surface area (Å²) in [5.74, 6) is 0.535. The van der Waals surface area contributed by atoms with E-state index in [1.807, 2.05) is 0 Å². The Morgan fingerprint density at radius 3 is 2.83 bits per heavy atom. The maximum absolute atomic E-state index is 10.9. The molecule has 128 valence electrons. The molecule has 0 atom stereocenters. The third-order valence-corrected chi connectivity index (χ3v) is 4.91. The summed E-state index contributed by atoms with van der Waals surface area (Å²) in [7, 11) is 1.77. The summed E-state index contributed by atoms with van der Waals surface area (Å²) < 4.78 is 0. The molecule has 7 nitrogen and oxygen atoms in total. The fraction of sp³-hybridized carbons (Fsp3) is 0.667. The van der Waals surface area contributed by atoms with Gasteiger partial charge >= 0.3 is 0 Å². The molecular weight excluding hydrogens is 312 g/mol. The Balaban J connectivity index is 1.74. The van der Waals surface area contributed by atoms with Crippen LogP contribution in [0.2, 0.25) is 0 Å². The zero-order valence-corrected chi connectivity index (χ0v) is 14.7. The van der Waals surface area contributed by atoms with Crippen molar-refractivity contribution in [1.82, 2.24) is 20.5 Å². The van der Waals surface area contributed by atoms with E-state index in [0.717, 1.165) is 49.0 Å². The van der Waals surface area contributed by atoms with Gasteiger partial charge in [0.2, 0.25) is 5.91 Å². The van der Waals surface area contributed by atoms with Gasteiger partial charge in [0.25, 0.3) is 0 Å². The molecule has 1 aliphatic rings. The SMILES string of the molecule is CCc1nc(CNC(=NC)NC2CCN(CC(N)=O)CC2)cs1. The topological polar surface area (TPSA) is 95.6 Å². The number of aliphatic imine (C=N–C) groups is 1. The number of nitrogens with one attached hydrogen (secondary N) is 2. The number of rotatable bonds is 6. The van der Waals surface area contributed by atoms with Crippen molar-refractivity contribution in [2.75, 3.05) is 26.7 Å². The quantitative estimate of drug-likeness (QED) is 0.513. The molecule has 1 saturated heterocycles. The largest absolute Gasteiger partial charge is 0.369 e. The molecule has 0 aromatic carbocycles. The van der Waals surface area contributed by atoms with Gasteiger partial charge in [-0.15, -0.1) is 11.3 Å². The maximum atomic E-state index is 10.9. The van der Waals surface area contributed by atoms with E-state index in [9.17, 15) is 4.79 Å². The lowest BCUT2D eigenvalue weighted by Crippen LogP contribution is -2.49. The summed E-state index contributed by atoms with van der Waals surface area (Å²) in [5, 5.41) is 9.99. The molecule has 1 aromatic heterocycles. The lowest BCUT2D eigenvalue weighted by atomic mass is 10.1. The summed E-state index contributed by atoms with van der Waals surface area (Å²) >= 11 is 1.69. The first-order valence-electron chi connectivity index (χ1n) is 8.01. The highest BCUT2D eigenvalue weighted by Gasteiger charge is 2.20. The molecule has 2 rings (SSSR count). The van der Waals surface area contributed by atoms with Gasteiger partial charge in [-0.3, -0.25) is 14.7 Å². The van der Waals surface area contributed by atoms with Crippen molar-refractivity contribution in [3.8, 4) is 0 Å². The van der Waals surface area contributed by atoms with E-state index in [1.165, 1.54) is 0 Å². The smallest absolute Gasteiger partial charge is 0.231 e. The summed E-state index contributed by atoms with van der Waals surface area (Å²) in [6.07, 6.45) is 2.93. The Labute approximate surface area is 141 Å². The van der Waals surface area contributed by atoms with Crippen LogP contribution in [0.25, 0.3) is 0 Å². The van der Waals surface area contributed by atoms with E-state index in [2.05, 4.69) is 37.8 Å². The van der Waals surface area contributed by atoms with E-state index >= 15 is 0 Å². The fourth-order valence-electron chi connectivity index (χ4n) is 2.61. The van der Waals surface area contributed by atoms with Gasteiger partial charge in [0.05, 0.1) is 23.8 Å². The molecule has 1 aromatic rings. The van der Waals surface area contributed by atoms with Gasteiger partial charge in [-0.1, -0.05) is 6.92 Å². The van der Waals surface area contributed by atoms with Crippen molar-refractivity contribution in [2.45, 2.75) is 38.8 Å². The van der Waals surface area contributed by atoms with Crippen molar-refractivity contribution in [3.05, 3.63) is 16.1 Å². The number of hydrogen-bond donors (Lipinski definition) is 3. The average Bonchev–Trinajstić information content (AvgIpc) is 3.00. The van der Waals surface area contributed by atoms with Crippen LogP contribution in [0.4, 0.5) is 0 Å². The van der Waals surface area contributed by atoms with Crippen molar-refractivity contribution >= 4 is 23.2 Å². The number of nitrogens with two attached hydrogens (primary N) is 1. The number of aromatic nitrogens is 1. The number of thiazole rings is 1. The highest BCUT2D eigenvalue weighted by Crippen LogP contribution is 2.11.